The van der Waals surface area contributed by atoms with E-state index < -0.39 is 17.6 Å². The molecule has 1 unspecified atom stereocenters. The first-order valence-corrected chi connectivity index (χ1v) is 8.89. The Morgan fingerprint density at radius 2 is 1.82 bits per heavy atom. The lowest BCUT2D eigenvalue weighted by molar-refractivity contribution is 0.0991. The van der Waals surface area contributed by atoms with Crippen molar-refractivity contribution in [2.24, 2.45) is 17.2 Å². The van der Waals surface area contributed by atoms with E-state index in [1.165, 1.54) is 18.5 Å². The highest BCUT2D eigenvalue weighted by molar-refractivity contribution is 5.99. The van der Waals surface area contributed by atoms with Crippen molar-refractivity contribution < 1.29 is 14.0 Å². The summed E-state index contributed by atoms with van der Waals surface area (Å²) in [5.74, 6) is -2.22. The molecule has 8 N–H and O–H groups in total. The summed E-state index contributed by atoms with van der Waals surface area (Å²) < 4.78 is 14.5. The minimum Gasteiger partial charge on any atom is -0.366 e. The number of nitrogens with one attached hydrogen (secondary N) is 2. The van der Waals surface area contributed by atoms with Crippen LogP contribution in [0.5, 0.6) is 0 Å². The summed E-state index contributed by atoms with van der Waals surface area (Å²) >= 11 is 0. The largest absolute Gasteiger partial charge is 0.366 e. The maximum atomic E-state index is 14.5. The molecule has 2 amide bonds. The van der Waals surface area contributed by atoms with Gasteiger partial charge in [0.25, 0.3) is 5.91 Å². The van der Waals surface area contributed by atoms with Crippen molar-refractivity contribution in [2.75, 3.05) is 10.6 Å². The highest BCUT2D eigenvalue weighted by atomic mass is 19.1. The normalized spacial score (nSPS) is 19.1. The zero-order chi connectivity index (χ0) is 20.3. The number of pyridine rings is 2. The van der Waals surface area contributed by atoms with Gasteiger partial charge in [-0.3, -0.25) is 14.6 Å². The number of carbonyl (C=O) groups is 2. The van der Waals surface area contributed by atoms with Crippen molar-refractivity contribution >= 4 is 29.1 Å². The van der Waals surface area contributed by atoms with E-state index in [1.807, 2.05) is 0 Å². The van der Waals surface area contributed by atoms with Crippen molar-refractivity contribution in [3.63, 3.8) is 0 Å². The average molecular weight is 387 g/mol. The second-order valence-electron chi connectivity index (χ2n) is 6.73. The van der Waals surface area contributed by atoms with Gasteiger partial charge >= 0.3 is 0 Å². The van der Waals surface area contributed by atoms with E-state index in [0.29, 0.717) is 5.69 Å². The SMILES string of the molecule is NC(=O)c1cncc(Nc2nc(N[C@@H]3CCCCC3N)c(F)cc2C(N)=O)c1. The van der Waals surface area contributed by atoms with Crippen LogP contribution in [0.4, 0.5) is 21.7 Å². The maximum Gasteiger partial charge on any atom is 0.252 e. The van der Waals surface area contributed by atoms with Gasteiger partial charge in [-0.2, -0.15) is 0 Å². The summed E-state index contributed by atoms with van der Waals surface area (Å²) in [5.41, 5.74) is 17.1. The van der Waals surface area contributed by atoms with Gasteiger partial charge in [-0.25, -0.2) is 9.37 Å². The predicted octanol–water partition coefficient (Wildman–Crippen LogP) is 1.24. The van der Waals surface area contributed by atoms with Gasteiger partial charge in [-0.15, -0.1) is 0 Å². The van der Waals surface area contributed by atoms with E-state index in [0.717, 1.165) is 31.7 Å². The third-order valence-corrected chi connectivity index (χ3v) is 4.67. The number of hydrogen-bond donors (Lipinski definition) is 5. The fraction of sp³-hybridized carbons (Fsp3) is 0.333. The standard InChI is InChI=1S/C18H22FN7O2/c19-12-6-11(16(22)28)17(24-10-5-9(15(21)27)7-23-8-10)26-18(12)25-14-4-2-1-3-13(14)20/h5-8,13-14H,1-4,20H2,(H2,21,27)(H2,22,28)(H2,24,25,26)/t13?,14-/m1/s1. The number of primary amides is 2. The average Bonchev–Trinajstić information content (AvgIpc) is 2.66. The third kappa shape index (κ3) is 4.34. The molecule has 0 aliphatic heterocycles. The molecule has 1 aliphatic carbocycles. The molecule has 2 atom stereocenters. The number of halogens is 1. The Balaban J connectivity index is 1.93. The Labute approximate surface area is 160 Å². The van der Waals surface area contributed by atoms with Crippen LogP contribution >= 0.6 is 0 Å². The monoisotopic (exact) mass is 387 g/mol. The molecule has 1 fully saturated rings. The summed E-state index contributed by atoms with van der Waals surface area (Å²) in [7, 11) is 0. The topological polar surface area (TPSA) is 162 Å². The van der Waals surface area contributed by atoms with Crippen LogP contribution in [0, 0.1) is 5.82 Å². The molecular weight excluding hydrogens is 365 g/mol. The lowest BCUT2D eigenvalue weighted by Crippen LogP contribution is -2.43. The summed E-state index contributed by atoms with van der Waals surface area (Å²) in [6.07, 6.45) is 6.38. The van der Waals surface area contributed by atoms with Crippen LogP contribution in [0.3, 0.4) is 0 Å². The molecule has 9 nitrogen and oxygen atoms in total. The van der Waals surface area contributed by atoms with Gasteiger partial charge in [0.15, 0.2) is 11.6 Å². The van der Waals surface area contributed by atoms with Crippen LogP contribution in [0.2, 0.25) is 0 Å². The lowest BCUT2D eigenvalue weighted by Gasteiger charge is -2.30. The van der Waals surface area contributed by atoms with Gasteiger partial charge in [-0.05, 0) is 25.0 Å². The van der Waals surface area contributed by atoms with E-state index in [1.54, 1.807) is 0 Å². The number of nitrogens with zero attached hydrogens (tertiary/aromatic N) is 2. The summed E-state index contributed by atoms with van der Waals surface area (Å²) in [5, 5.41) is 5.87. The molecule has 10 heteroatoms. The van der Waals surface area contributed by atoms with Gasteiger partial charge in [0.05, 0.1) is 23.0 Å². The number of anilines is 3. The maximum absolute atomic E-state index is 14.5. The van der Waals surface area contributed by atoms with Crippen LogP contribution in [0.15, 0.2) is 24.5 Å². The Bertz CT molecular complexity index is 905. The van der Waals surface area contributed by atoms with Crippen LogP contribution in [0.1, 0.15) is 46.4 Å². The van der Waals surface area contributed by atoms with Gasteiger partial charge < -0.3 is 27.8 Å². The Kier molecular flexibility index (Phi) is 5.69. The molecule has 28 heavy (non-hydrogen) atoms. The Morgan fingerprint density at radius 3 is 2.50 bits per heavy atom. The molecule has 0 spiro atoms. The summed E-state index contributed by atoms with van der Waals surface area (Å²) in [6, 6.07) is 2.22. The van der Waals surface area contributed by atoms with Crippen molar-refractivity contribution in [3.05, 3.63) is 41.5 Å². The summed E-state index contributed by atoms with van der Waals surface area (Å²) in [6.45, 7) is 0. The number of hydrogen-bond acceptors (Lipinski definition) is 7. The molecule has 1 aliphatic rings. The highest BCUT2D eigenvalue weighted by Crippen LogP contribution is 2.26. The minimum absolute atomic E-state index is 0.0317. The molecule has 148 valence electrons. The van der Waals surface area contributed by atoms with Gasteiger partial charge in [0, 0.05) is 18.3 Å². The predicted molar refractivity (Wildman–Crippen MR) is 103 cm³/mol. The number of carbonyl (C=O) groups excluding carboxylic acids is 2. The number of amides is 2. The van der Waals surface area contributed by atoms with Crippen molar-refractivity contribution in [2.45, 2.75) is 37.8 Å². The first-order chi connectivity index (χ1) is 13.3. The second-order valence-corrected chi connectivity index (χ2v) is 6.73. The van der Waals surface area contributed by atoms with Crippen LogP contribution in [-0.2, 0) is 0 Å². The van der Waals surface area contributed by atoms with Gasteiger partial charge in [-0.1, -0.05) is 12.8 Å². The van der Waals surface area contributed by atoms with E-state index in [4.69, 9.17) is 17.2 Å². The molecule has 0 bridgehead atoms. The number of aromatic nitrogens is 2. The lowest BCUT2D eigenvalue weighted by atomic mass is 9.91. The molecule has 2 heterocycles. The quantitative estimate of drug-likeness (QED) is 0.498. The fourth-order valence-electron chi connectivity index (χ4n) is 3.17. The molecule has 1 saturated carbocycles. The molecule has 2 aromatic rings. The molecule has 0 saturated heterocycles. The molecular formula is C18H22FN7O2. The van der Waals surface area contributed by atoms with Crippen LogP contribution in [0.25, 0.3) is 0 Å². The smallest absolute Gasteiger partial charge is 0.252 e. The highest BCUT2D eigenvalue weighted by Gasteiger charge is 2.24. The summed E-state index contributed by atoms with van der Waals surface area (Å²) in [4.78, 5) is 31.2. The number of nitrogens with two attached hydrogens (primary N) is 3. The number of rotatable bonds is 6. The Morgan fingerprint density at radius 1 is 1.07 bits per heavy atom. The first kappa shape index (κ1) is 19.5. The molecule has 0 radical (unpaired) electrons. The van der Waals surface area contributed by atoms with Crippen molar-refractivity contribution in [1.29, 1.82) is 0 Å². The zero-order valence-electron chi connectivity index (χ0n) is 15.1. The van der Waals surface area contributed by atoms with E-state index in [-0.39, 0.29) is 34.8 Å². The third-order valence-electron chi connectivity index (χ3n) is 4.67. The molecule has 0 aromatic carbocycles. The minimum atomic E-state index is -0.853. The fourth-order valence-corrected chi connectivity index (χ4v) is 3.17. The molecule has 3 rings (SSSR count). The van der Waals surface area contributed by atoms with Crippen molar-refractivity contribution in [3.8, 4) is 0 Å². The Hall–Kier alpha value is -3.27. The molecule has 2 aromatic heterocycles. The van der Waals surface area contributed by atoms with Crippen LogP contribution in [-0.4, -0.2) is 33.9 Å². The van der Waals surface area contributed by atoms with E-state index in [2.05, 4.69) is 20.6 Å². The van der Waals surface area contributed by atoms with Crippen LogP contribution < -0.4 is 27.8 Å². The van der Waals surface area contributed by atoms with Gasteiger partial charge in [0.1, 0.15) is 5.82 Å². The second kappa shape index (κ2) is 8.17. The first-order valence-electron chi connectivity index (χ1n) is 8.89. The van der Waals surface area contributed by atoms with Crippen molar-refractivity contribution in [1.82, 2.24) is 9.97 Å². The van der Waals surface area contributed by atoms with E-state index in [9.17, 15) is 14.0 Å². The van der Waals surface area contributed by atoms with E-state index >= 15 is 0 Å². The zero-order valence-corrected chi connectivity index (χ0v) is 15.1. The van der Waals surface area contributed by atoms with Gasteiger partial charge in [0.2, 0.25) is 5.91 Å².